The van der Waals surface area contributed by atoms with Crippen LogP contribution in [-0.4, -0.2) is 24.5 Å². The van der Waals surface area contributed by atoms with E-state index >= 15 is 0 Å². The molecule has 12 aromatic rings. The van der Waals surface area contributed by atoms with Crippen molar-refractivity contribution >= 4 is 21.8 Å². The summed E-state index contributed by atoms with van der Waals surface area (Å²) in [7, 11) is 0. The molecule has 0 unspecified atom stereocenters. The standard InChI is InChI=1S/C66H43F6N5/c1-40-23-28-51(55(33-40)66(70,71)72)47-25-30-53-52-29-24-46(50-31-27-49(34-41(50)2)65(67,68)69)36-61(52)77(62(53)37-47)60-32-26-48(64-74-56(42-15-7-3-8-16-42)38-57(75-64)43-17-9-4-10-18-43)35-54(60)59-39-58(44-19-11-5-12-20-44)73-63(76-59)45-21-13-6-14-22-45/h3-39H,1-2H3. The van der Waals surface area contributed by atoms with Gasteiger partial charge in [-0.2, -0.15) is 26.3 Å². The van der Waals surface area contributed by atoms with Crippen LogP contribution < -0.4 is 0 Å². The van der Waals surface area contributed by atoms with E-state index in [9.17, 15) is 26.3 Å². The molecule has 0 saturated heterocycles. The molecule has 0 bridgehead atoms. The van der Waals surface area contributed by atoms with Crippen molar-refractivity contribution in [3.05, 3.63) is 247 Å². The second-order valence-electron chi connectivity index (χ2n) is 19.0. The predicted molar refractivity (Wildman–Crippen MR) is 295 cm³/mol. The Kier molecular flexibility index (Phi) is 12.2. The lowest BCUT2D eigenvalue weighted by atomic mass is 9.96. The first kappa shape index (κ1) is 48.5. The maximum atomic E-state index is 14.9. The molecule has 0 amide bonds. The molecule has 0 aliphatic heterocycles. The third-order valence-corrected chi connectivity index (χ3v) is 13.9. The number of benzene rings is 9. The number of aryl methyl sites for hydroxylation is 2. The first-order valence-electron chi connectivity index (χ1n) is 24.8. The Bertz CT molecular complexity index is 4080. The van der Waals surface area contributed by atoms with Gasteiger partial charge in [-0.25, -0.2) is 19.9 Å². The summed E-state index contributed by atoms with van der Waals surface area (Å²) in [4.78, 5) is 20.8. The third-order valence-electron chi connectivity index (χ3n) is 13.9. The molecule has 0 radical (unpaired) electrons. The van der Waals surface area contributed by atoms with Crippen LogP contribution in [0.2, 0.25) is 0 Å². The molecular weight excluding hydrogens is 977 g/mol. The summed E-state index contributed by atoms with van der Waals surface area (Å²) >= 11 is 0. The minimum Gasteiger partial charge on any atom is -0.309 e. The molecule has 3 aromatic heterocycles. The lowest BCUT2D eigenvalue weighted by Gasteiger charge is -2.18. The molecular formula is C66H43F6N5. The van der Waals surface area contributed by atoms with E-state index in [4.69, 9.17) is 19.9 Å². The van der Waals surface area contributed by atoms with Gasteiger partial charge < -0.3 is 4.57 Å². The molecule has 0 fully saturated rings. The number of fused-ring (bicyclic) bond motifs is 3. The normalized spacial score (nSPS) is 11.9. The van der Waals surface area contributed by atoms with Crippen LogP contribution in [-0.2, 0) is 12.4 Å². The van der Waals surface area contributed by atoms with Crippen LogP contribution in [0.3, 0.4) is 0 Å². The summed E-state index contributed by atoms with van der Waals surface area (Å²) in [5.41, 5.74) is 10.0. The number of alkyl halides is 6. The lowest BCUT2D eigenvalue weighted by Crippen LogP contribution is -2.07. The third kappa shape index (κ3) is 9.41. The highest BCUT2D eigenvalue weighted by atomic mass is 19.4. The van der Waals surface area contributed by atoms with Crippen molar-refractivity contribution in [1.82, 2.24) is 24.5 Å². The monoisotopic (exact) mass is 1020 g/mol. The Morgan fingerprint density at radius 1 is 0.338 bits per heavy atom. The zero-order valence-electron chi connectivity index (χ0n) is 41.4. The van der Waals surface area contributed by atoms with Crippen LogP contribution in [0.25, 0.3) is 118 Å². The predicted octanol–water partition coefficient (Wildman–Crippen LogP) is 18.4. The van der Waals surface area contributed by atoms with Crippen LogP contribution in [0.4, 0.5) is 26.3 Å². The van der Waals surface area contributed by atoms with Crippen LogP contribution >= 0.6 is 0 Å². The summed E-state index contributed by atoms with van der Waals surface area (Å²) in [5.74, 6) is 0.887. The lowest BCUT2D eigenvalue weighted by molar-refractivity contribution is -0.138. The minimum absolute atomic E-state index is 0.0129. The van der Waals surface area contributed by atoms with E-state index in [0.29, 0.717) is 90.1 Å². The molecule has 12 rings (SSSR count). The van der Waals surface area contributed by atoms with E-state index in [1.807, 2.05) is 180 Å². The van der Waals surface area contributed by atoms with Gasteiger partial charge in [0.15, 0.2) is 11.6 Å². The molecule has 77 heavy (non-hydrogen) atoms. The van der Waals surface area contributed by atoms with E-state index in [1.54, 1.807) is 32.0 Å². The van der Waals surface area contributed by atoms with Crippen molar-refractivity contribution in [2.45, 2.75) is 26.2 Å². The summed E-state index contributed by atoms with van der Waals surface area (Å²) in [6.45, 7) is 3.28. The zero-order valence-corrected chi connectivity index (χ0v) is 41.4. The van der Waals surface area contributed by atoms with E-state index in [-0.39, 0.29) is 5.56 Å². The van der Waals surface area contributed by atoms with Crippen molar-refractivity contribution in [3.63, 3.8) is 0 Å². The van der Waals surface area contributed by atoms with Crippen molar-refractivity contribution < 1.29 is 26.3 Å². The van der Waals surface area contributed by atoms with Gasteiger partial charge >= 0.3 is 12.4 Å². The van der Waals surface area contributed by atoms with Gasteiger partial charge in [0.05, 0.1) is 50.6 Å². The van der Waals surface area contributed by atoms with Gasteiger partial charge in [-0.1, -0.05) is 169 Å². The summed E-state index contributed by atoms with van der Waals surface area (Å²) in [6, 6.07) is 68.0. The first-order valence-corrected chi connectivity index (χ1v) is 24.8. The number of nitrogens with zero attached hydrogens (tertiary/aromatic N) is 5. The molecule has 0 atom stereocenters. The van der Waals surface area contributed by atoms with Crippen LogP contribution in [0.15, 0.2) is 224 Å². The van der Waals surface area contributed by atoms with Crippen molar-refractivity contribution in [1.29, 1.82) is 0 Å². The molecule has 0 aliphatic rings. The van der Waals surface area contributed by atoms with Gasteiger partial charge in [0.1, 0.15) is 0 Å². The largest absolute Gasteiger partial charge is 0.417 e. The fraction of sp³-hybridized carbons (Fsp3) is 0.0606. The molecule has 0 aliphatic carbocycles. The molecule has 0 spiro atoms. The maximum absolute atomic E-state index is 14.9. The number of rotatable bonds is 9. The van der Waals surface area contributed by atoms with Crippen molar-refractivity contribution in [3.8, 4) is 95.7 Å². The molecule has 11 heteroatoms. The smallest absolute Gasteiger partial charge is 0.309 e. The highest BCUT2D eigenvalue weighted by Crippen LogP contribution is 2.44. The van der Waals surface area contributed by atoms with Gasteiger partial charge in [-0.05, 0) is 102 Å². The molecule has 0 saturated carbocycles. The molecule has 374 valence electrons. The quantitative estimate of drug-likeness (QED) is 0.135. The van der Waals surface area contributed by atoms with E-state index in [1.165, 1.54) is 12.1 Å². The van der Waals surface area contributed by atoms with Gasteiger partial charge in [-0.3, -0.25) is 0 Å². The second kappa shape index (κ2) is 19.3. The van der Waals surface area contributed by atoms with Gasteiger partial charge in [0.2, 0.25) is 0 Å². The number of halogens is 6. The van der Waals surface area contributed by atoms with Crippen LogP contribution in [0, 0.1) is 13.8 Å². The fourth-order valence-electron chi connectivity index (χ4n) is 10.1. The summed E-state index contributed by atoms with van der Waals surface area (Å²) < 4.78 is 88.9. The Balaban J connectivity index is 1.18. The van der Waals surface area contributed by atoms with Crippen LogP contribution in [0.1, 0.15) is 22.3 Å². The highest BCUT2D eigenvalue weighted by Gasteiger charge is 2.34. The number of hydrogen-bond donors (Lipinski definition) is 0. The van der Waals surface area contributed by atoms with Crippen molar-refractivity contribution in [2.75, 3.05) is 0 Å². The SMILES string of the molecule is Cc1ccc(-c2ccc3c4ccc(-c5ccc(C(F)(F)F)cc5C)cc4n(-c4ccc(-c5nc(-c6ccccc6)cc(-c6ccccc6)n5)cc4-c4cc(-c5ccccc5)nc(-c5ccccc5)n4)c3c2)c(C(F)(F)F)c1. The Labute approximate surface area is 439 Å². The minimum atomic E-state index is -4.65. The maximum Gasteiger partial charge on any atom is 0.417 e. The first-order chi connectivity index (χ1) is 37.2. The molecule has 9 aromatic carbocycles. The molecule has 0 N–H and O–H groups in total. The van der Waals surface area contributed by atoms with Crippen molar-refractivity contribution in [2.24, 2.45) is 0 Å². The number of aromatic nitrogens is 5. The van der Waals surface area contributed by atoms with Gasteiger partial charge in [0, 0.05) is 44.2 Å². The van der Waals surface area contributed by atoms with E-state index in [0.717, 1.165) is 51.2 Å². The second-order valence-corrected chi connectivity index (χ2v) is 19.0. The van der Waals surface area contributed by atoms with E-state index in [2.05, 4.69) is 0 Å². The number of hydrogen-bond acceptors (Lipinski definition) is 4. The Hall–Kier alpha value is -9.48. The average Bonchev–Trinajstić information content (AvgIpc) is 3.98. The summed E-state index contributed by atoms with van der Waals surface area (Å²) in [5, 5.41) is 1.50. The van der Waals surface area contributed by atoms with Crippen LogP contribution in [0.5, 0.6) is 0 Å². The van der Waals surface area contributed by atoms with Gasteiger partial charge in [-0.15, -0.1) is 0 Å². The average molecular weight is 1020 g/mol. The fourth-order valence-corrected chi connectivity index (χ4v) is 10.1. The highest BCUT2D eigenvalue weighted by molar-refractivity contribution is 6.12. The molecule has 5 nitrogen and oxygen atoms in total. The zero-order chi connectivity index (χ0) is 53.0. The van der Waals surface area contributed by atoms with Gasteiger partial charge in [0.25, 0.3) is 0 Å². The Morgan fingerprint density at radius 2 is 0.792 bits per heavy atom. The topological polar surface area (TPSA) is 56.5 Å². The van der Waals surface area contributed by atoms with E-state index < -0.39 is 23.5 Å². The molecule has 3 heterocycles. The Morgan fingerprint density at radius 3 is 1.30 bits per heavy atom. The summed E-state index contributed by atoms with van der Waals surface area (Å²) in [6.07, 6.45) is -9.19.